The maximum Gasteiger partial charge on any atom is 0.333 e. The second kappa shape index (κ2) is 4.86. The molecule has 0 aromatic heterocycles. The second-order valence-electron chi connectivity index (χ2n) is 2.50. The van der Waals surface area contributed by atoms with Gasteiger partial charge in [0.1, 0.15) is 0 Å². The van der Waals surface area contributed by atoms with Gasteiger partial charge in [-0.2, -0.15) is 0 Å². The number of amides is 3. The number of nitrogens with zero attached hydrogens (tertiary/aromatic N) is 1. The van der Waals surface area contributed by atoms with E-state index in [0.717, 1.165) is 5.01 Å². The second-order valence-corrected chi connectivity index (χ2v) is 2.50. The lowest BCUT2D eigenvalue weighted by atomic mass is 10.3. The van der Waals surface area contributed by atoms with E-state index in [1.807, 2.05) is 6.07 Å². The van der Waals surface area contributed by atoms with Crippen molar-refractivity contribution in [2.24, 2.45) is 0 Å². The van der Waals surface area contributed by atoms with Crippen LogP contribution in [-0.2, 0) is 4.79 Å². The largest absolute Gasteiger partial charge is 0.340 e. The number of para-hydroxylation sites is 1. The Morgan fingerprint density at radius 3 is 2.50 bits per heavy atom. The van der Waals surface area contributed by atoms with Gasteiger partial charge in [-0.1, -0.05) is 18.2 Å². The van der Waals surface area contributed by atoms with E-state index >= 15 is 0 Å². The predicted molar refractivity (Wildman–Crippen MR) is 52.6 cm³/mol. The fraction of sp³-hybridized carbons (Fsp3) is 0.111. The molecule has 0 heterocycles. The molecule has 0 spiro atoms. The van der Waals surface area contributed by atoms with Crippen molar-refractivity contribution in [2.45, 2.75) is 0 Å². The van der Waals surface area contributed by atoms with Crippen LogP contribution >= 0.6 is 0 Å². The predicted octanol–water partition coefficient (Wildman–Crippen LogP) is 0.493. The SMILES string of the molecule is CNC(=O)NN(C=O)c1ccccc1. The van der Waals surface area contributed by atoms with E-state index in [4.69, 9.17) is 0 Å². The quantitative estimate of drug-likeness (QED) is 0.542. The molecule has 0 bridgehead atoms. The summed E-state index contributed by atoms with van der Waals surface area (Å²) in [5.41, 5.74) is 2.95. The number of benzene rings is 1. The van der Waals surface area contributed by atoms with Crippen molar-refractivity contribution in [3.05, 3.63) is 30.3 Å². The van der Waals surface area contributed by atoms with E-state index < -0.39 is 6.03 Å². The van der Waals surface area contributed by atoms with Gasteiger partial charge in [-0.05, 0) is 12.1 Å². The van der Waals surface area contributed by atoms with Crippen LogP contribution in [0.3, 0.4) is 0 Å². The van der Waals surface area contributed by atoms with E-state index in [1.165, 1.54) is 7.05 Å². The first-order valence-electron chi connectivity index (χ1n) is 4.06. The van der Waals surface area contributed by atoms with Crippen molar-refractivity contribution < 1.29 is 9.59 Å². The minimum Gasteiger partial charge on any atom is -0.340 e. The van der Waals surface area contributed by atoms with Crippen LogP contribution in [0.2, 0.25) is 0 Å². The molecule has 5 nitrogen and oxygen atoms in total. The third kappa shape index (κ3) is 2.48. The lowest BCUT2D eigenvalue weighted by molar-refractivity contribution is -0.107. The van der Waals surface area contributed by atoms with Gasteiger partial charge < -0.3 is 5.32 Å². The summed E-state index contributed by atoms with van der Waals surface area (Å²) in [5, 5.41) is 3.44. The minimum absolute atomic E-state index is 0.444. The summed E-state index contributed by atoms with van der Waals surface area (Å²) >= 11 is 0. The molecule has 1 aromatic carbocycles. The van der Waals surface area contributed by atoms with Gasteiger partial charge in [0.05, 0.1) is 5.69 Å². The summed E-state index contributed by atoms with van der Waals surface area (Å²) < 4.78 is 0. The zero-order valence-corrected chi connectivity index (χ0v) is 7.73. The van der Waals surface area contributed by atoms with Crippen molar-refractivity contribution in [3.63, 3.8) is 0 Å². The molecule has 1 rings (SSSR count). The Labute approximate surface area is 81.7 Å². The fourth-order valence-corrected chi connectivity index (χ4v) is 0.906. The smallest absolute Gasteiger partial charge is 0.333 e. The van der Waals surface area contributed by atoms with Gasteiger partial charge in [-0.3, -0.25) is 4.79 Å². The number of nitrogens with one attached hydrogen (secondary N) is 2. The normalized spacial score (nSPS) is 8.93. The highest BCUT2D eigenvalue weighted by Gasteiger charge is 2.06. The molecule has 0 aliphatic rings. The summed E-state index contributed by atoms with van der Waals surface area (Å²) in [6.45, 7) is 0. The van der Waals surface area contributed by atoms with Gasteiger partial charge >= 0.3 is 6.03 Å². The first-order chi connectivity index (χ1) is 6.77. The number of hydrogen-bond donors (Lipinski definition) is 2. The van der Waals surface area contributed by atoms with Gasteiger partial charge in [0, 0.05) is 7.05 Å². The third-order valence-electron chi connectivity index (χ3n) is 1.59. The lowest BCUT2D eigenvalue weighted by Crippen LogP contribution is -2.45. The summed E-state index contributed by atoms with van der Waals surface area (Å²) in [6, 6.07) is 8.36. The van der Waals surface area contributed by atoms with E-state index in [-0.39, 0.29) is 0 Å². The monoisotopic (exact) mass is 193 g/mol. The molecule has 74 valence electrons. The van der Waals surface area contributed by atoms with Crippen molar-refractivity contribution in [1.82, 2.24) is 10.7 Å². The molecule has 5 heteroatoms. The maximum atomic E-state index is 10.9. The Hall–Kier alpha value is -2.04. The number of hydrogen-bond acceptors (Lipinski definition) is 2. The molecule has 0 saturated heterocycles. The highest BCUT2D eigenvalue weighted by molar-refractivity contribution is 5.83. The zero-order valence-electron chi connectivity index (χ0n) is 7.73. The summed E-state index contributed by atoms with van der Waals surface area (Å²) in [7, 11) is 1.48. The summed E-state index contributed by atoms with van der Waals surface area (Å²) in [6.07, 6.45) is 0.532. The van der Waals surface area contributed by atoms with E-state index in [1.54, 1.807) is 24.3 Å². The van der Waals surface area contributed by atoms with Crippen molar-refractivity contribution >= 4 is 18.1 Å². The van der Waals surface area contributed by atoms with Crippen molar-refractivity contribution in [1.29, 1.82) is 0 Å². The Balaban J connectivity index is 2.73. The fourth-order valence-electron chi connectivity index (χ4n) is 0.906. The van der Waals surface area contributed by atoms with E-state index in [2.05, 4.69) is 10.7 Å². The number of anilines is 1. The third-order valence-corrected chi connectivity index (χ3v) is 1.59. The molecule has 1 aromatic rings. The molecule has 2 N–H and O–H groups in total. The van der Waals surface area contributed by atoms with Gasteiger partial charge in [0.2, 0.25) is 6.41 Å². The van der Waals surface area contributed by atoms with Gasteiger partial charge in [-0.25, -0.2) is 15.2 Å². The van der Waals surface area contributed by atoms with Crippen LogP contribution in [0, 0.1) is 0 Å². The molecule has 0 unspecified atom stereocenters. The Morgan fingerprint density at radius 2 is 2.00 bits per heavy atom. The first-order valence-corrected chi connectivity index (χ1v) is 4.06. The van der Waals surface area contributed by atoms with Crippen LogP contribution in [0.5, 0.6) is 0 Å². The first kappa shape index (κ1) is 10.0. The number of urea groups is 1. The van der Waals surface area contributed by atoms with Gasteiger partial charge in [0.15, 0.2) is 0 Å². The number of carbonyl (C=O) groups excluding carboxylic acids is 2. The van der Waals surface area contributed by atoms with Gasteiger partial charge in [0.25, 0.3) is 0 Å². The molecule has 0 aliphatic carbocycles. The molecule has 0 atom stereocenters. The van der Waals surface area contributed by atoms with Crippen LogP contribution in [-0.4, -0.2) is 19.5 Å². The Morgan fingerprint density at radius 1 is 1.36 bits per heavy atom. The molecule has 0 radical (unpaired) electrons. The van der Waals surface area contributed by atoms with Crippen LogP contribution < -0.4 is 15.8 Å². The molecule has 0 saturated carbocycles. The Bertz CT molecular complexity index is 313. The highest BCUT2D eigenvalue weighted by atomic mass is 16.2. The topological polar surface area (TPSA) is 61.4 Å². The molecular formula is C9H11N3O2. The number of rotatable bonds is 3. The van der Waals surface area contributed by atoms with Gasteiger partial charge in [-0.15, -0.1) is 0 Å². The maximum absolute atomic E-state index is 10.9. The molecule has 0 fully saturated rings. The minimum atomic E-state index is -0.444. The molecule has 0 aliphatic heterocycles. The molecule has 3 amide bonds. The average Bonchev–Trinajstić information content (AvgIpc) is 2.26. The van der Waals surface area contributed by atoms with E-state index in [0.29, 0.717) is 12.1 Å². The standard InChI is InChI=1S/C9H11N3O2/c1-10-9(14)11-12(7-13)8-5-3-2-4-6-8/h2-7H,1H3,(H2,10,11,14). The van der Waals surface area contributed by atoms with Crippen LogP contribution in [0.4, 0.5) is 10.5 Å². The van der Waals surface area contributed by atoms with Crippen LogP contribution in [0.25, 0.3) is 0 Å². The highest BCUT2D eigenvalue weighted by Crippen LogP contribution is 2.08. The molecule has 14 heavy (non-hydrogen) atoms. The van der Waals surface area contributed by atoms with Crippen LogP contribution in [0.15, 0.2) is 30.3 Å². The van der Waals surface area contributed by atoms with E-state index in [9.17, 15) is 9.59 Å². The number of carbonyl (C=O) groups is 2. The molecular weight excluding hydrogens is 182 g/mol. The zero-order chi connectivity index (χ0) is 10.4. The van der Waals surface area contributed by atoms with Crippen molar-refractivity contribution in [2.75, 3.05) is 12.1 Å². The lowest BCUT2D eigenvalue weighted by Gasteiger charge is -2.17. The summed E-state index contributed by atoms with van der Waals surface area (Å²) in [4.78, 5) is 21.6. The summed E-state index contributed by atoms with van der Waals surface area (Å²) in [5.74, 6) is 0. The number of hydrazine groups is 1. The average molecular weight is 193 g/mol. The van der Waals surface area contributed by atoms with Crippen molar-refractivity contribution in [3.8, 4) is 0 Å². The van der Waals surface area contributed by atoms with Crippen LogP contribution in [0.1, 0.15) is 0 Å². The Kier molecular flexibility index (Phi) is 3.49.